The quantitative estimate of drug-likeness (QED) is 0.687. The Hall–Kier alpha value is -2.49. The molecule has 0 saturated carbocycles. The standard InChI is InChI=1S/C14H11N3O/c1-10-16-17-14(18-10)13-5-3-2-4-12(13)11-6-8-15-9-7-11/h2-9H,1H3. The summed E-state index contributed by atoms with van der Waals surface area (Å²) in [6.45, 7) is 1.78. The van der Waals surface area contributed by atoms with Crippen molar-refractivity contribution in [2.75, 3.05) is 0 Å². The van der Waals surface area contributed by atoms with Crippen LogP contribution in [0.5, 0.6) is 0 Å². The third kappa shape index (κ3) is 1.88. The van der Waals surface area contributed by atoms with E-state index in [1.54, 1.807) is 19.3 Å². The van der Waals surface area contributed by atoms with Crippen LogP contribution in [-0.4, -0.2) is 15.2 Å². The molecule has 0 bridgehead atoms. The van der Waals surface area contributed by atoms with E-state index in [0.717, 1.165) is 16.7 Å². The first kappa shape index (κ1) is 10.7. The number of hydrogen-bond donors (Lipinski definition) is 0. The van der Waals surface area contributed by atoms with Crippen LogP contribution >= 0.6 is 0 Å². The number of pyridine rings is 1. The smallest absolute Gasteiger partial charge is 0.248 e. The Bertz CT molecular complexity index is 662. The minimum atomic E-state index is 0.542. The van der Waals surface area contributed by atoms with Crippen LogP contribution in [0, 0.1) is 6.92 Å². The van der Waals surface area contributed by atoms with Gasteiger partial charge in [0.1, 0.15) is 0 Å². The Balaban J connectivity index is 2.17. The molecule has 0 aliphatic rings. The first-order chi connectivity index (χ1) is 8.84. The Morgan fingerprint density at radius 1 is 0.889 bits per heavy atom. The van der Waals surface area contributed by atoms with E-state index in [4.69, 9.17) is 4.42 Å². The molecule has 0 N–H and O–H groups in total. The van der Waals surface area contributed by atoms with Crippen molar-refractivity contribution in [3.8, 4) is 22.6 Å². The highest BCUT2D eigenvalue weighted by Crippen LogP contribution is 2.30. The lowest BCUT2D eigenvalue weighted by atomic mass is 10.0. The summed E-state index contributed by atoms with van der Waals surface area (Å²) in [5.41, 5.74) is 3.07. The molecule has 4 nitrogen and oxygen atoms in total. The molecular formula is C14H11N3O. The molecule has 18 heavy (non-hydrogen) atoms. The van der Waals surface area contributed by atoms with Crippen molar-refractivity contribution in [1.29, 1.82) is 0 Å². The number of rotatable bonds is 2. The molecule has 2 heterocycles. The molecule has 0 aliphatic carbocycles. The molecule has 2 aromatic heterocycles. The van der Waals surface area contributed by atoms with Crippen molar-refractivity contribution in [3.63, 3.8) is 0 Å². The van der Waals surface area contributed by atoms with E-state index in [0.29, 0.717) is 11.8 Å². The van der Waals surface area contributed by atoms with Crippen LogP contribution in [0.1, 0.15) is 5.89 Å². The van der Waals surface area contributed by atoms with Gasteiger partial charge in [-0.3, -0.25) is 4.98 Å². The summed E-state index contributed by atoms with van der Waals surface area (Å²) in [6.07, 6.45) is 3.54. The first-order valence-corrected chi connectivity index (χ1v) is 5.64. The molecule has 4 heteroatoms. The Kier molecular flexibility index (Phi) is 2.61. The number of benzene rings is 1. The fourth-order valence-corrected chi connectivity index (χ4v) is 1.86. The molecule has 0 saturated heterocycles. The lowest BCUT2D eigenvalue weighted by Gasteiger charge is -2.05. The van der Waals surface area contributed by atoms with Crippen LogP contribution in [0.25, 0.3) is 22.6 Å². The zero-order valence-electron chi connectivity index (χ0n) is 9.87. The summed E-state index contributed by atoms with van der Waals surface area (Å²) in [5.74, 6) is 1.11. The fourth-order valence-electron chi connectivity index (χ4n) is 1.86. The van der Waals surface area contributed by atoms with E-state index < -0.39 is 0 Å². The molecule has 3 rings (SSSR count). The molecule has 0 atom stereocenters. The van der Waals surface area contributed by atoms with Crippen LogP contribution < -0.4 is 0 Å². The normalized spacial score (nSPS) is 10.5. The fraction of sp³-hybridized carbons (Fsp3) is 0.0714. The molecule has 88 valence electrons. The van der Waals surface area contributed by atoms with Crippen molar-refractivity contribution >= 4 is 0 Å². The predicted octanol–water partition coefficient (Wildman–Crippen LogP) is 3.11. The highest BCUT2D eigenvalue weighted by atomic mass is 16.4. The SMILES string of the molecule is Cc1nnc(-c2ccccc2-c2ccncc2)o1. The maximum absolute atomic E-state index is 5.49. The van der Waals surface area contributed by atoms with Gasteiger partial charge in [-0.1, -0.05) is 18.2 Å². The van der Waals surface area contributed by atoms with Gasteiger partial charge in [0.15, 0.2) is 0 Å². The molecule has 3 aromatic rings. The highest BCUT2D eigenvalue weighted by Gasteiger charge is 2.11. The van der Waals surface area contributed by atoms with Gasteiger partial charge < -0.3 is 4.42 Å². The maximum atomic E-state index is 5.49. The van der Waals surface area contributed by atoms with E-state index in [2.05, 4.69) is 15.2 Å². The van der Waals surface area contributed by atoms with E-state index in [9.17, 15) is 0 Å². The minimum Gasteiger partial charge on any atom is -0.421 e. The van der Waals surface area contributed by atoms with Crippen LogP contribution in [-0.2, 0) is 0 Å². The summed E-state index contributed by atoms with van der Waals surface area (Å²) in [7, 11) is 0. The Morgan fingerprint density at radius 2 is 1.61 bits per heavy atom. The lowest BCUT2D eigenvalue weighted by Crippen LogP contribution is -1.85. The second-order valence-corrected chi connectivity index (χ2v) is 3.91. The third-order valence-corrected chi connectivity index (χ3v) is 2.67. The van der Waals surface area contributed by atoms with Gasteiger partial charge in [0.05, 0.1) is 0 Å². The van der Waals surface area contributed by atoms with Gasteiger partial charge in [0.2, 0.25) is 11.8 Å². The zero-order valence-corrected chi connectivity index (χ0v) is 9.87. The van der Waals surface area contributed by atoms with Gasteiger partial charge in [-0.05, 0) is 29.3 Å². The van der Waals surface area contributed by atoms with Crippen LogP contribution in [0.15, 0.2) is 53.2 Å². The summed E-state index contributed by atoms with van der Waals surface area (Å²) in [4.78, 5) is 4.03. The topological polar surface area (TPSA) is 51.8 Å². The summed E-state index contributed by atoms with van der Waals surface area (Å²) in [5, 5.41) is 7.94. The molecular weight excluding hydrogens is 226 g/mol. The summed E-state index contributed by atoms with van der Waals surface area (Å²) >= 11 is 0. The molecule has 0 aliphatic heterocycles. The van der Waals surface area contributed by atoms with Crippen LogP contribution in [0.2, 0.25) is 0 Å². The number of hydrogen-bond acceptors (Lipinski definition) is 4. The van der Waals surface area contributed by atoms with E-state index in [-0.39, 0.29) is 0 Å². The maximum Gasteiger partial charge on any atom is 0.248 e. The summed E-state index contributed by atoms with van der Waals surface area (Å²) < 4.78 is 5.49. The van der Waals surface area contributed by atoms with Crippen molar-refractivity contribution in [2.45, 2.75) is 6.92 Å². The molecule has 1 aromatic carbocycles. The van der Waals surface area contributed by atoms with Crippen LogP contribution in [0.4, 0.5) is 0 Å². The Labute approximate surface area is 104 Å². The van der Waals surface area contributed by atoms with Crippen LogP contribution in [0.3, 0.4) is 0 Å². The second kappa shape index (κ2) is 4.41. The predicted molar refractivity (Wildman–Crippen MR) is 67.7 cm³/mol. The van der Waals surface area contributed by atoms with Crippen molar-refractivity contribution in [2.24, 2.45) is 0 Å². The zero-order chi connectivity index (χ0) is 12.4. The van der Waals surface area contributed by atoms with Crippen molar-refractivity contribution in [1.82, 2.24) is 15.2 Å². The van der Waals surface area contributed by atoms with Crippen molar-refractivity contribution in [3.05, 3.63) is 54.7 Å². The van der Waals surface area contributed by atoms with Crippen molar-refractivity contribution < 1.29 is 4.42 Å². The highest BCUT2D eigenvalue weighted by molar-refractivity contribution is 5.79. The average molecular weight is 237 g/mol. The van der Waals surface area contributed by atoms with E-state index in [1.807, 2.05) is 36.4 Å². The van der Waals surface area contributed by atoms with Gasteiger partial charge in [0, 0.05) is 24.9 Å². The van der Waals surface area contributed by atoms with Gasteiger partial charge in [0.25, 0.3) is 0 Å². The van der Waals surface area contributed by atoms with E-state index >= 15 is 0 Å². The monoisotopic (exact) mass is 237 g/mol. The number of aromatic nitrogens is 3. The molecule has 0 radical (unpaired) electrons. The third-order valence-electron chi connectivity index (χ3n) is 2.67. The first-order valence-electron chi connectivity index (χ1n) is 5.64. The van der Waals surface area contributed by atoms with Gasteiger partial charge >= 0.3 is 0 Å². The lowest BCUT2D eigenvalue weighted by molar-refractivity contribution is 0.533. The van der Waals surface area contributed by atoms with Gasteiger partial charge in [-0.2, -0.15) is 0 Å². The Morgan fingerprint density at radius 3 is 2.28 bits per heavy atom. The molecule has 0 spiro atoms. The summed E-state index contributed by atoms with van der Waals surface area (Å²) in [6, 6.07) is 11.9. The van der Waals surface area contributed by atoms with Gasteiger partial charge in [-0.15, -0.1) is 10.2 Å². The number of aryl methyl sites for hydroxylation is 1. The number of nitrogens with zero attached hydrogens (tertiary/aromatic N) is 3. The molecule has 0 amide bonds. The van der Waals surface area contributed by atoms with Gasteiger partial charge in [-0.25, -0.2) is 0 Å². The molecule has 0 fully saturated rings. The second-order valence-electron chi connectivity index (χ2n) is 3.91. The largest absolute Gasteiger partial charge is 0.421 e. The van der Waals surface area contributed by atoms with E-state index in [1.165, 1.54) is 0 Å². The molecule has 0 unspecified atom stereocenters. The minimum absolute atomic E-state index is 0.542. The average Bonchev–Trinajstić information content (AvgIpc) is 2.86.